The van der Waals surface area contributed by atoms with Crippen molar-refractivity contribution in [3.05, 3.63) is 71.6 Å². The summed E-state index contributed by atoms with van der Waals surface area (Å²) in [6.45, 7) is 0.327. The van der Waals surface area contributed by atoms with Crippen LogP contribution in [0.25, 0.3) is 5.69 Å². The van der Waals surface area contributed by atoms with E-state index in [9.17, 15) is 8.78 Å². The van der Waals surface area contributed by atoms with E-state index in [0.29, 0.717) is 28.9 Å². The Bertz CT molecular complexity index is 824. The van der Waals surface area contributed by atoms with Crippen molar-refractivity contribution in [1.82, 2.24) is 14.8 Å². The van der Waals surface area contributed by atoms with Crippen molar-refractivity contribution in [2.45, 2.75) is 17.5 Å². The van der Waals surface area contributed by atoms with Gasteiger partial charge in [0.2, 0.25) is 0 Å². The number of thioether (sulfide) groups is 1. The Balaban J connectivity index is 1.86. The van der Waals surface area contributed by atoms with Crippen molar-refractivity contribution in [1.29, 1.82) is 0 Å². The van der Waals surface area contributed by atoms with E-state index in [1.807, 2.05) is 34.9 Å². The maximum atomic E-state index is 13.3. The second-order valence-corrected chi connectivity index (χ2v) is 5.98. The Morgan fingerprint density at radius 2 is 1.83 bits per heavy atom. The molecule has 0 saturated heterocycles. The maximum absolute atomic E-state index is 13.3. The summed E-state index contributed by atoms with van der Waals surface area (Å²) in [6.07, 6.45) is 0. The second-order valence-electron chi connectivity index (χ2n) is 5.04. The van der Waals surface area contributed by atoms with Gasteiger partial charge in [0, 0.05) is 18.6 Å². The van der Waals surface area contributed by atoms with Gasteiger partial charge in [0.15, 0.2) is 22.6 Å². The fraction of sp³-hybridized carbons (Fsp3) is 0.176. The van der Waals surface area contributed by atoms with Gasteiger partial charge in [0.05, 0.1) is 0 Å². The Hall–Kier alpha value is -2.25. The smallest absolute Gasteiger partial charge is 0.196 e. The monoisotopic (exact) mass is 347 g/mol. The molecule has 0 fully saturated rings. The molecule has 3 aromatic rings. The molecule has 0 N–H and O–H groups in total. The molecule has 0 aliphatic carbocycles. The van der Waals surface area contributed by atoms with E-state index in [1.165, 1.54) is 17.8 Å². The average molecular weight is 347 g/mol. The van der Waals surface area contributed by atoms with Crippen molar-refractivity contribution in [2.75, 3.05) is 7.11 Å². The van der Waals surface area contributed by atoms with E-state index in [4.69, 9.17) is 4.74 Å². The first-order valence-electron chi connectivity index (χ1n) is 7.24. The molecule has 1 aromatic heterocycles. The van der Waals surface area contributed by atoms with Gasteiger partial charge in [-0.3, -0.25) is 4.57 Å². The molecule has 0 bridgehead atoms. The van der Waals surface area contributed by atoms with Gasteiger partial charge in [-0.1, -0.05) is 36.0 Å². The molecule has 0 unspecified atom stereocenters. The van der Waals surface area contributed by atoms with Gasteiger partial charge in [-0.15, -0.1) is 10.2 Å². The van der Waals surface area contributed by atoms with Crippen molar-refractivity contribution < 1.29 is 13.5 Å². The molecule has 2 aromatic carbocycles. The van der Waals surface area contributed by atoms with Crippen LogP contribution in [0.3, 0.4) is 0 Å². The van der Waals surface area contributed by atoms with Gasteiger partial charge < -0.3 is 4.74 Å². The minimum atomic E-state index is -0.849. The summed E-state index contributed by atoms with van der Waals surface area (Å²) in [4.78, 5) is 0. The van der Waals surface area contributed by atoms with Gasteiger partial charge in [-0.05, 0) is 29.8 Å². The zero-order valence-electron chi connectivity index (χ0n) is 12.9. The molecular formula is C17H15F2N3OS. The van der Waals surface area contributed by atoms with Gasteiger partial charge in [-0.25, -0.2) is 8.78 Å². The molecule has 24 heavy (non-hydrogen) atoms. The van der Waals surface area contributed by atoms with Crippen LogP contribution >= 0.6 is 11.8 Å². The first-order valence-corrected chi connectivity index (χ1v) is 8.23. The number of aromatic nitrogens is 3. The van der Waals surface area contributed by atoms with Gasteiger partial charge in [0.1, 0.15) is 6.61 Å². The molecule has 0 spiro atoms. The number of methoxy groups -OCH3 is 1. The standard InChI is InChI=1S/C17H15F2N3OS/c1-23-10-16-20-21-17(22(16)13-5-3-2-4-6-13)24-11-12-7-8-14(18)15(19)9-12/h2-9H,10-11H2,1H3. The lowest BCUT2D eigenvalue weighted by atomic mass is 10.2. The van der Waals surface area contributed by atoms with Crippen LogP contribution in [0.15, 0.2) is 53.7 Å². The van der Waals surface area contributed by atoms with E-state index in [0.717, 1.165) is 11.8 Å². The van der Waals surface area contributed by atoms with E-state index < -0.39 is 11.6 Å². The maximum Gasteiger partial charge on any atom is 0.196 e. The summed E-state index contributed by atoms with van der Waals surface area (Å²) in [5, 5.41) is 9.02. The summed E-state index contributed by atoms with van der Waals surface area (Å²) in [5.41, 5.74) is 1.59. The topological polar surface area (TPSA) is 39.9 Å². The van der Waals surface area contributed by atoms with Crippen molar-refractivity contribution in [3.8, 4) is 5.69 Å². The number of hydrogen-bond donors (Lipinski definition) is 0. The molecule has 0 amide bonds. The highest BCUT2D eigenvalue weighted by Crippen LogP contribution is 2.26. The van der Waals surface area contributed by atoms with Gasteiger partial charge in [-0.2, -0.15) is 0 Å². The third-order valence-corrected chi connectivity index (χ3v) is 4.34. The van der Waals surface area contributed by atoms with Crippen LogP contribution in [0.4, 0.5) is 8.78 Å². The first kappa shape index (κ1) is 16.6. The number of nitrogens with zero attached hydrogens (tertiary/aromatic N) is 3. The lowest BCUT2D eigenvalue weighted by molar-refractivity contribution is 0.176. The second kappa shape index (κ2) is 7.55. The fourth-order valence-electron chi connectivity index (χ4n) is 2.23. The quantitative estimate of drug-likeness (QED) is 0.632. The number of para-hydroxylation sites is 1. The molecule has 0 radical (unpaired) electrons. The lowest BCUT2D eigenvalue weighted by Crippen LogP contribution is -2.03. The molecular weight excluding hydrogens is 332 g/mol. The third-order valence-electron chi connectivity index (χ3n) is 3.34. The number of halogens is 2. The molecule has 0 aliphatic rings. The zero-order valence-corrected chi connectivity index (χ0v) is 13.8. The van der Waals surface area contributed by atoms with E-state index in [2.05, 4.69) is 10.2 Å². The summed E-state index contributed by atoms with van der Waals surface area (Å²) in [5.74, 6) is -0.567. The highest BCUT2D eigenvalue weighted by atomic mass is 32.2. The van der Waals surface area contributed by atoms with Crippen LogP contribution in [0.2, 0.25) is 0 Å². The predicted molar refractivity (Wildman–Crippen MR) is 88.0 cm³/mol. The highest BCUT2D eigenvalue weighted by Gasteiger charge is 2.14. The molecule has 7 heteroatoms. The summed E-state index contributed by atoms with van der Waals surface area (Å²) in [7, 11) is 1.60. The molecule has 4 nitrogen and oxygen atoms in total. The van der Waals surface area contributed by atoms with Crippen LogP contribution in [-0.2, 0) is 17.1 Å². The largest absolute Gasteiger partial charge is 0.377 e. The highest BCUT2D eigenvalue weighted by molar-refractivity contribution is 7.98. The van der Waals surface area contributed by atoms with Crippen LogP contribution < -0.4 is 0 Å². The molecule has 0 aliphatic heterocycles. The molecule has 124 valence electrons. The van der Waals surface area contributed by atoms with Gasteiger partial charge >= 0.3 is 0 Å². The summed E-state index contributed by atoms with van der Waals surface area (Å²) < 4.78 is 33.4. The van der Waals surface area contributed by atoms with E-state index in [-0.39, 0.29) is 0 Å². The summed E-state index contributed by atoms with van der Waals surface area (Å²) >= 11 is 1.40. The van der Waals surface area contributed by atoms with Crippen LogP contribution in [0.5, 0.6) is 0 Å². The number of benzene rings is 2. The van der Waals surface area contributed by atoms with Crippen LogP contribution in [0.1, 0.15) is 11.4 Å². The third kappa shape index (κ3) is 3.63. The lowest BCUT2D eigenvalue weighted by Gasteiger charge is -2.09. The molecule has 0 saturated carbocycles. The SMILES string of the molecule is COCc1nnc(SCc2ccc(F)c(F)c2)n1-c1ccccc1. The van der Waals surface area contributed by atoms with E-state index >= 15 is 0 Å². The molecule has 0 atom stereocenters. The van der Waals surface area contributed by atoms with Crippen LogP contribution in [0, 0.1) is 11.6 Å². The Morgan fingerprint density at radius 3 is 2.54 bits per heavy atom. The first-order chi connectivity index (χ1) is 11.7. The van der Waals surface area contributed by atoms with Crippen molar-refractivity contribution in [2.24, 2.45) is 0 Å². The predicted octanol–water partition coefficient (Wildman–Crippen LogP) is 3.98. The number of rotatable bonds is 6. The normalized spacial score (nSPS) is 11.0. The molecule has 1 heterocycles. The zero-order chi connectivity index (χ0) is 16.9. The molecule has 3 rings (SSSR count). The summed E-state index contributed by atoms with van der Waals surface area (Å²) in [6, 6.07) is 13.6. The van der Waals surface area contributed by atoms with Crippen LogP contribution in [-0.4, -0.2) is 21.9 Å². The van der Waals surface area contributed by atoms with E-state index in [1.54, 1.807) is 13.2 Å². The number of ether oxygens (including phenoxy) is 1. The minimum Gasteiger partial charge on any atom is -0.377 e. The number of hydrogen-bond acceptors (Lipinski definition) is 4. The van der Waals surface area contributed by atoms with Crippen molar-refractivity contribution in [3.63, 3.8) is 0 Å². The Morgan fingerprint density at radius 1 is 1.04 bits per heavy atom. The Kier molecular flexibility index (Phi) is 5.22. The Labute approximate surface area is 142 Å². The fourth-order valence-corrected chi connectivity index (χ4v) is 3.14. The minimum absolute atomic E-state index is 0.327. The average Bonchev–Trinajstić information content (AvgIpc) is 3.00. The van der Waals surface area contributed by atoms with Crippen molar-refractivity contribution >= 4 is 11.8 Å². The van der Waals surface area contributed by atoms with Gasteiger partial charge in [0.25, 0.3) is 0 Å².